The van der Waals surface area contributed by atoms with Crippen LogP contribution in [-0.4, -0.2) is 15.0 Å². The van der Waals surface area contributed by atoms with E-state index in [4.69, 9.17) is 17.3 Å². The summed E-state index contributed by atoms with van der Waals surface area (Å²) < 4.78 is 15.4. The van der Waals surface area contributed by atoms with Crippen LogP contribution >= 0.6 is 11.6 Å². The minimum Gasteiger partial charge on any atom is -0.381 e. The molecule has 102 valence electrons. The Bertz CT molecular complexity index is 601. The zero-order chi connectivity index (χ0) is 14.2. The van der Waals surface area contributed by atoms with Crippen molar-refractivity contribution in [3.05, 3.63) is 40.3 Å². The molecule has 0 unspecified atom stereocenters. The molecule has 0 radical (unpaired) electrons. The van der Waals surface area contributed by atoms with Gasteiger partial charge in [0.05, 0.1) is 12.2 Å². The standard InChI is InChI=1S/C13H16ClFN4/c1-13(2,3)11-12(16)17-18-19(11)7-8-6-9(14)4-5-10(8)15/h4-6H,7,16H2,1-3H3. The monoisotopic (exact) mass is 282 g/mol. The number of nitrogen functional groups attached to an aromatic ring is 1. The van der Waals surface area contributed by atoms with E-state index in [9.17, 15) is 4.39 Å². The van der Waals surface area contributed by atoms with Gasteiger partial charge < -0.3 is 5.73 Å². The molecular weight excluding hydrogens is 267 g/mol. The summed E-state index contributed by atoms with van der Waals surface area (Å²) in [5, 5.41) is 8.33. The fourth-order valence-corrected chi connectivity index (χ4v) is 2.23. The van der Waals surface area contributed by atoms with E-state index < -0.39 is 0 Å². The molecule has 2 aromatic rings. The van der Waals surface area contributed by atoms with Gasteiger partial charge in [-0.2, -0.15) is 0 Å². The quantitative estimate of drug-likeness (QED) is 0.921. The number of rotatable bonds is 2. The average Bonchev–Trinajstić information content (AvgIpc) is 2.64. The topological polar surface area (TPSA) is 56.7 Å². The van der Waals surface area contributed by atoms with Gasteiger partial charge in [0.25, 0.3) is 0 Å². The van der Waals surface area contributed by atoms with Gasteiger partial charge in [-0.15, -0.1) is 5.10 Å². The lowest BCUT2D eigenvalue weighted by molar-refractivity contribution is 0.494. The Kier molecular flexibility index (Phi) is 3.49. The van der Waals surface area contributed by atoms with Gasteiger partial charge >= 0.3 is 0 Å². The summed E-state index contributed by atoms with van der Waals surface area (Å²) in [6, 6.07) is 4.44. The van der Waals surface area contributed by atoms with Gasteiger partial charge in [-0.05, 0) is 18.2 Å². The molecule has 1 heterocycles. The summed E-state index contributed by atoms with van der Waals surface area (Å²) in [5.74, 6) is 0.0493. The maximum atomic E-state index is 13.7. The number of nitrogens with two attached hydrogens (primary N) is 1. The van der Waals surface area contributed by atoms with Gasteiger partial charge in [0, 0.05) is 16.0 Å². The third kappa shape index (κ3) is 2.87. The summed E-state index contributed by atoms with van der Waals surface area (Å²) >= 11 is 5.88. The average molecular weight is 283 g/mol. The van der Waals surface area contributed by atoms with E-state index in [1.54, 1.807) is 10.7 Å². The second kappa shape index (κ2) is 4.81. The van der Waals surface area contributed by atoms with Crippen LogP contribution in [0.25, 0.3) is 0 Å². The van der Waals surface area contributed by atoms with Crippen molar-refractivity contribution in [2.24, 2.45) is 0 Å². The Balaban J connectivity index is 2.42. The van der Waals surface area contributed by atoms with Crippen molar-refractivity contribution in [1.29, 1.82) is 0 Å². The maximum absolute atomic E-state index is 13.7. The summed E-state index contributed by atoms with van der Waals surface area (Å²) in [7, 11) is 0. The summed E-state index contributed by atoms with van der Waals surface area (Å²) in [6.07, 6.45) is 0. The fourth-order valence-electron chi connectivity index (χ4n) is 2.03. The van der Waals surface area contributed by atoms with Gasteiger partial charge in [-0.25, -0.2) is 9.07 Å². The lowest BCUT2D eigenvalue weighted by Gasteiger charge is -2.20. The number of halogens is 2. The Morgan fingerprint density at radius 1 is 1.37 bits per heavy atom. The molecule has 19 heavy (non-hydrogen) atoms. The smallest absolute Gasteiger partial charge is 0.169 e. The van der Waals surface area contributed by atoms with E-state index in [0.717, 1.165) is 5.69 Å². The van der Waals surface area contributed by atoms with Gasteiger partial charge in [-0.1, -0.05) is 37.6 Å². The predicted molar refractivity (Wildman–Crippen MR) is 73.6 cm³/mol. The van der Waals surface area contributed by atoms with E-state index in [1.807, 2.05) is 20.8 Å². The third-order valence-corrected chi connectivity index (χ3v) is 3.03. The second-order valence-electron chi connectivity index (χ2n) is 5.47. The highest BCUT2D eigenvalue weighted by molar-refractivity contribution is 6.30. The highest BCUT2D eigenvalue weighted by Gasteiger charge is 2.24. The Labute approximate surface area is 116 Å². The minimum atomic E-state index is -0.321. The molecule has 2 rings (SSSR count). The maximum Gasteiger partial charge on any atom is 0.169 e. The first-order valence-electron chi connectivity index (χ1n) is 5.92. The molecule has 0 aliphatic rings. The summed E-state index contributed by atoms with van der Waals surface area (Å²) in [5.41, 5.74) is 6.86. The predicted octanol–water partition coefficient (Wildman–Crippen LogP) is 3.00. The van der Waals surface area contributed by atoms with Crippen molar-refractivity contribution >= 4 is 17.4 Å². The van der Waals surface area contributed by atoms with Gasteiger partial charge in [0.2, 0.25) is 0 Å². The molecule has 0 fully saturated rings. The number of hydrogen-bond donors (Lipinski definition) is 1. The second-order valence-corrected chi connectivity index (χ2v) is 5.90. The molecule has 0 aliphatic heterocycles. The molecule has 0 spiro atoms. The van der Waals surface area contributed by atoms with Crippen LogP contribution in [0.5, 0.6) is 0 Å². The van der Waals surface area contributed by atoms with Crippen molar-refractivity contribution in [2.75, 3.05) is 5.73 Å². The van der Waals surface area contributed by atoms with Crippen molar-refractivity contribution in [3.63, 3.8) is 0 Å². The van der Waals surface area contributed by atoms with E-state index in [-0.39, 0.29) is 17.8 Å². The van der Waals surface area contributed by atoms with Gasteiger partial charge in [-0.3, -0.25) is 0 Å². The summed E-state index contributed by atoms with van der Waals surface area (Å²) in [4.78, 5) is 0. The van der Waals surface area contributed by atoms with Crippen LogP contribution in [0.2, 0.25) is 5.02 Å². The zero-order valence-corrected chi connectivity index (χ0v) is 11.9. The molecule has 0 atom stereocenters. The molecule has 0 bridgehead atoms. The first kappa shape index (κ1) is 13.8. The number of nitrogens with zero attached hydrogens (tertiary/aromatic N) is 3. The Morgan fingerprint density at radius 3 is 2.68 bits per heavy atom. The Morgan fingerprint density at radius 2 is 2.05 bits per heavy atom. The molecule has 1 aromatic heterocycles. The van der Waals surface area contributed by atoms with Crippen LogP contribution in [0, 0.1) is 5.82 Å². The molecule has 0 amide bonds. The lowest BCUT2D eigenvalue weighted by atomic mass is 9.91. The molecular formula is C13H16ClFN4. The third-order valence-electron chi connectivity index (χ3n) is 2.80. The van der Waals surface area contributed by atoms with Crippen LogP contribution in [0.3, 0.4) is 0 Å². The minimum absolute atomic E-state index is 0.220. The van der Waals surface area contributed by atoms with Crippen molar-refractivity contribution < 1.29 is 4.39 Å². The number of benzene rings is 1. The first-order chi connectivity index (χ1) is 8.79. The van der Waals surface area contributed by atoms with Crippen molar-refractivity contribution in [1.82, 2.24) is 15.0 Å². The van der Waals surface area contributed by atoms with Gasteiger partial charge in [0.15, 0.2) is 5.82 Å². The van der Waals surface area contributed by atoms with Crippen LogP contribution in [0.15, 0.2) is 18.2 Å². The van der Waals surface area contributed by atoms with E-state index in [2.05, 4.69) is 10.3 Å². The molecule has 0 saturated heterocycles. The van der Waals surface area contributed by atoms with Crippen LogP contribution in [-0.2, 0) is 12.0 Å². The van der Waals surface area contributed by atoms with E-state index in [0.29, 0.717) is 16.4 Å². The molecule has 1 aromatic carbocycles. The lowest BCUT2D eigenvalue weighted by Crippen LogP contribution is -2.20. The van der Waals surface area contributed by atoms with E-state index >= 15 is 0 Å². The first-order valence-corrected chi connectivity index (χ1v) is 6.30. The van der Waals surface area contributed by atoms with Crippen LogP contribution < -0.4 is 5.73 Å². The van der Waals surface area contributed by atoms with Crippen molar-refractivity contribution in [3.8, 4) is 0 Å². The number of anilines is 1. The van der Waals surface area contributed by atoms with Crippen LogP contribution in [0.1, 0.15) is 32.0 Å². The number of aromatic nitrogens is 3. The Hall–Kier alpha value is -1.62. The molecule has 0 aliphatic carbocycles. The largest absolute Gasteiger partial charge is 0.381 e. The summed E-state index contributed by atoms with van der Waals surface area (Å²) in [6.45, 7) is 6.27. The van der Waals surface area contributed by atoms with Crippen molar-refractivity contribution in [2.45, 2.75) is 32.7 Å². The molecule has 4 nitrogen and oxygen atoms in total. The van der Waals surface area contributed by atoms with E-state index in [1.165, 1.54) is 12.1 Å². The molecule has 2 N–H and O–H groups in total. The normalized spacial score (nSPS) is 11.8. The SMILES string of the molecule is CC(C)(C)c1c(N)nnn1Cc1cc(Cl)ccc1F. The number of hydrogen-bond acceptors (Lipinski definition) is 3. The van der Waals surface area contributed by atoms with Crippen LogP contribution in [0.4, 0.5) is 10.2 Å². The molecule has 6 heteroatoms. The highest BCUT2D eigenvalue weighted by Crippen LogP contribution is 2.27. The fraction of sp³-hybridized carbons (Fsp3) is 0.385. The highest BCUT2D eigenvalue weighted by atomic mass is 35.5. The zero-order valence-electron chi connectivity index (χ0n) is 11.1. The van der Waals surface area contributed by atoms with Gasteiger partial charge in [0.1, 0.15) is 5.82 Å². The molecule has 0 saturated carbocycles.